The van der Waals surface area contributed by atoms with Crippen LogP contribution in [-0.2, 0) is 22.4 Å². The van der Waals surface area contributed by atoms with Crippen LogP contribution in [0.15, 0.2) is 24.3 Å². The maximum Gasteiger partial charge on any atom is 0.419 e. The zero-order valence-electron chi connectivity index (χ0n) is 13.3. The van der Waals surface area contributed by atoms with E-state index in [-0.39, 0.29) is 11.9 Å². The molecule has 1 aromatic carbocycles. The molecule has 0 saturated carbocycles. The van der Waals surface area contributed by atoms with Crippen LogP contribution < -0.4 is 0 Å². The lowest BCUT2D eigenvalue weighted by Crippen LogP contribution is -2.28. The number of ether oxygens (including phenoxy) is 1. The van der Waals surface area contributed by atoms with Gasteiger partial charge in [-0.05, 0) is 45.2 Å². The second-order valence-corrected chi connectivity index (χ2v) is 6.80. The molecule has 1 aliphatic rings. The van der Waals surface area contributed by atoms with Crippen LogP contribution in [0.4, 0.5) is 4.79 Å². The van der Waals surface area contributed by atoms with E-state index in [0.717, 1.165) is 22.2 Å². The zero-order valence-corrected chi connectivity index (χ0v) is 13.3. The van der Waals surface area contributed by atoms with Crippen molar-refractivity contribution >= 4 is 22.8 Å². The highest BCUT2D eigenvalue weighted by Gasteiger charge is 2.27. The van der Waals surface area contributed by atoms with Crippen LogP contribution in [-0.4, -0.2) is 22.0 Å². The number of aromatic nitrogens is 1. The molecule has 116 valence electrons. The van der Waals surface area contributed by atoms with Gasteiger partial charge < -0.3 is 4.74 Å². The van der Waals surface area contributed by atoms with Crippen LogP contribution in [0.2, 0.25) is 0 Å². The summed E-state index contributed by atoms with van der Waals surface area (Å²) in [6.45, 7) is 5.58. The Bertz CT molecular complexity index is 750. The molecule has 2 aromatic rings. The molecule has 0 bridgehead atoms. The Kier molecular flexibility index (Phi) is 3.55. The molecule has 0 amide bonds. The van der Waals surface area contributed by atoms with Crippen molar-refractivity contribution in [3.05, 3.63) is 35.5 Å². The lowest BCUT2D eigenvalue weighted by Gasteiger charge is -2.21. The molecule has 22 heavy (non-hydrogen) atoms. The molecule has 0 aliphatic heterocycles. The lowest BCUT2D eigenvalue weighted by atomic mass is 10.1. The minimum atomic E-state index is -0.546. The first-order valence-electron chi connectivity index (χ1n) is 7.73. The van der Waals surface area contributed by atoms with Gasteiger partial charge in [0, 0.05) is 23.9 Å². The first-order chi connectivity index (χ1) is 10.4. The quantitative estimate of drug-likeness (QED) is 0.694. The monoisotopic (exact) mass is 299 g/mol. The maximum atomic E-state index is 12.7. The van der Waals surface area contributed by atoms with Crippen LogP contribution in [0.3, 0.4) is 0 Å². The predicted molar refractivity (Wildman–Crippen MR) is 85.2 cm³/mol. The summed E-state index contributed by atoms with van der Waals surface area (Å²) in [5.74, 6) is 0.260. The molecule has 0 N–H and O–H groups in total. The van der Waals surface area contributed by atoms with E-state index < -0.39 is 5.60 Å². The average Bonchev–Trinajstić information content (AvgIpc) is 2.62. The van der Waals surface area contributed by atoms with Gasteiger partial charge in [0.05, 0.1) is 5.52 Å². The molecule has 0 atom stereocenters. The molecule has 1 aromatic heterocycles. The normalized spacial score (nSPS) is 15.5. The number of carbonyl (C=O) groups excluding carboxylic acids is 2. The third-order valence-electron chi connectivity index (χ3n) is 3.96. The number of nitrogens with zero attached hydrogens (tertiary/aromatic N) is 1. The Morgan fingerprint density at radius 2 is 1.77 bits per heavy atom. The van der Waals surface area contributed by atoms with Gasteiger partial charge in [0.1, 0.15) is 11.4 Å². The Morgan fingerprint density at radius 1 is 1.09 bits per heavy atom. The number of Topliss-reactive ketones (excluding diaryl/α,β-unsaturated/α-hetero) is 1. The Hall–Kier alpha value is -2.10. The summed E-state index contributed by atoms with van der Waals surface area (Å²) in [6.07, 6.45) is 1.98. The fourth-order valence-corrected chi connectivity index (χ4v) is 3.06. The van der Waals surface area contributed by atoms with Gasteiger partial charge >= 0.3 is 6.09 Å². The van der Waals surface area contributed by atoms with Crippen LogP contribution in [0.25, 0.3) is 10.9 Å². The van der Waals surface area contributed by atoms with Crippen molar-refractivity contribution in [2.75, 3.05) is 0 Å². The Labute approximate surface area is 130 Å². The van der Waals surface area contributed by atoms with Crippen LogP contribution in [0.5, 0.6) is 0 Å². The summed E-state index contributed by atoms with van der Waals surface area (Å²) in [5.41, 5.74) is 2.38. The van der Waals surface area contributed by atoms with Gasteiger partial charge in [-0.1, -0.05) is 18.2 Å². The topological polar surface area (TPSA) is 48.3 Å². The molecule has 3 rings (SSSR count). The van der Waals surface area contributed by atoms with Crippen molar-refractivity contribution in [2.24, 2.45) is 0 Å². The second-order valence-electron chi connectivity index (χ2n) is 6.80. The molecule has 1 aliphatic carbocycles. The number of rotatable bonds is 0. The highest BCUT2D eigenvalue weighted by atomic mass is 16.6. The molecule has 4 nitrogen and oxygen atoms in total. The van der Waals surface area contributed by atoms with Crippen LogP contribution >= 0.6 is 0 Å². The molecular weight excluding hydrogens is 278 g/mol. The second kappa shape index (κ2) is 5.27. The highest BCUT2D eigenvalue weighted by molar-refractivity contribution is 5.95. The summed E-state index contributed by atoms with van der Waals surface area (Å²) in [7, 11) is 0. The van der Waals surface area contributed by atoms with Gasteiger partial charge in [0.25, 0.3) is 0 Å². The molecule has 4 heteroatoms. The highest BCUT2D eigenvalue weighted by Crippen LogP contribution is 2.31. The van der Waals surface area contributed by atoms with Crippen LogP contribution in [0.1, 0.15) is 44.9 Å². The van der Waals surface area contributed by atoms with Crippen molar-refractivity contribution < 1.29 is 14.3 Å². The lowest BCUT2D eigenvalue weighted by molar-refractivity contribution is -0.118. The number of para-hydroxylation sites is 1. The summed E-state index contributed by atoms with van der Waals surface area (Å²) in [5, 5.41) is 1.05. The number of hydrogen-bond donors (Lipinski definition) is 0. The molecule has 1 heterocycles. The van der Waals surface area contributed by atoms with Crippen molar-refractivity contribution in [1.82, 2.24) is 4.57 Å². The number of aryl methyl sites for hydroxylation is 1. The van der Waals surface area contributed by atoms with E-state index in [9.17, 15) is 9.59 Å². The fourth-order valence-electron chi connectivity index (χ4n) is 3.06. The molecule has 0 saturated heterocycles. The zero-order chi connectivity index (χ0) is 15.9. The van der Waals surface area contributed by atoms with E-state index in [1.165, 1.54) is 0 Å². The van der Waals surface area contributed by atoms with Gasteiger partial charge in [-0.2, -0.15) is 0 Å². The third kappa shape index (κ3) is 2.65. The summed E-state index contributed by atoms with van der Waals surface area (Å²) >= 11 is 0. The summed E-state index contributed by atoms with van der Waals surface area (Å²) < 4.78 is 7.22. The van der Waals surface area contributed by atoms with Crippen molar-refractivity contribution in [3.63, 3.8) is 0 Å². The van der Waals surface area contributed by atoms with E-state index in [1.807, 2.05) is 45.0 Å². The van der Waals surface area contributed by atoms with E-state index in [0.29, 0.717) is 25.7 Å². The summed E-state index contributed by atoms with van der Waals surface area (Å²) in [6, 6.07) is 7.85. The average molecular weight is 299 g/mol. The maximum absolute atomic E-state index is 12.7. The van der Waals surface area contributed by atoms with Crippen molar-refractivity contribution in [1.29, 1.82) is 0 Å². The number of ketones is 1. The first-order valence-corrected chi connectivity index (χ1v) is 7.73. The minimum Gasteiger partial charge on any atom is -0.443 e. The molecule has 0 unspecified atom stereocenters. The van der Waals surface area contributed by atoms with Gasteiger partial charge in [-0.15, -0.1) is 0 Å². The predicted octanol–water partition coefficient (Wildman–Crippen LogP) is 3.87. The third-order valence-corrected chi connectivity index (χ3v) is 3.96. The van der Waals surface area contributed by atoms with Crippen LogP contribution in [0, 0.1) is 0 Å². The molecular formula is C18H21NO3. The minimum absolute atomic E-state index is 0.260. The van der Waals surface area contributed by atoms with Crippen molar-refractivity contribution in [3.8, 4) is 0 Å². The van der Waals surface area contributed by atoms with Crippen molar-refractivity contribution in [2.45, 2.75) is 52.1 Å². The smallest absolute Gasteiger partial charge is 0.419 e. The van der Waals surface area contributed by atoms with Gasteiger partial charge in [-0.25, -0.2) is 9.36 Å². The number of carbonyl (C=O) groups is 2. The van der Waals surface area contributed by atoms with Gasteiger partial charge in [0.15, 0.2) is 0 Å². The molecule has 0 fully saturated rings. The molecule has 0 radical (unpaired) electrons. The number of hydrogen-bond acceptors (Lipinski definition) is 3. The SMILES string of the molecule is CC(C)(C)OC(=O)n1c2c(c3ccccc31)CCC(=O)CC2. The van der Waals surface area contributed by atoms with E-state index >= 15 is 0 Å². The number of benzene rings is 1. The van der Waals surface area contributed by atoms with Gasteiger partial charge in [0.2, 0.25) is 0 Å². The number of fused-ring (bicyclic) bond motifs is 3. The van der Waals surface area contributed by atoms with E-state index in [2.05, 4.69) is 0 Å². The standard InChI is InChI=1S/C18H21NO3/c1-18(2,3)22-17(21)19-15-7-5-4-6-13(15)14-10-8-12(20)9-11-16(14)19/h4-7H,8-11H2,1-3H3. The van der Waals surface area contributed by atoms with E-state index in [4.69, 9.17) is 4.74 Å². The first kappa shape index (κ1) is 14.8. The Morgan fingerprint density at radius 3 is 2.50 bits per heavy atom. The Balaban J connectivity index is 2.17. The van der Waals surface area contributed by atoms with E-state index in [1.54, 1.807) is 4.57 Å². The fraction of sp³-hybridized carbons (Fsp3) is 0.444. The van der Waals surface area contributed by atoms with Gasteiger partial charge in [-0.3, -0.25) is 4.79 Å². The summed E-state index contributed by atoms with van der Waals surface area (Å²) in [4.78, 5) is 24.4. The molecule has 0 spiro atoms. The largest absolute Gasteiger partial charge is 0.443 e.